The van der Waals surface area contributed by atoms with Gasteiger partial charge in [-0.05, 0) is 0 Å². The molecule has 1 aromatic carbocycles. The predicted molar refractivity (Wildman–Crippen MR) is 61.6 cm³/mol. The predicted octanol–water partition coefficient (Wildman–Crippen LogP) is 4.45. The van der Waals surface area contributed by atoms with Crippen LogP contribution in [0, 0.1) is 21.8 Å². The summed E-state index contributed by atoms with van der Waals surface area (Å²) in [5, 5.41) is 0. The Morgan fingerprint density at radius 2 is 0.692 bits per heavy atom. The van der Waals surface area contributed by atoms with Crippen molar-refractivity contribution < 1.29 is 32.7 Å². The molecule has 0 N–H and O–H groups in total. The zero-order chi connectivity index (χ0) is 8.24. The molecule has 0 aliphatic rings. The van der Waals surface area contributed by atoms with Gasteiger partial charge in [0.2, 0.25) is 0 Å². The van der Waals surface area contributed by atoms with Crippen molar-refractivity contribution >= 4 is 0 Å². The van der Waals surface area contributed by atoms with Crippen molar-refractivity contribution in [3.63, 3.8) is 0 Å². The van der Waals surface area contributed by atoms with E-state index in [0.29, 0.717) is 0 Å². The molecule has 0 nitrogen and oxygen atoms in total. The van der Waals surface area contributed by atoms with Gasteiger partial charge in [-0.1, -0.05) is 50.2 Å². The van der Waals surface area contributed by atoms with Crippen molar-refractivity contribution in [2.24, 2.45) is 0 Å². The summed E-state index contributed by atoms with van der Waals surface area (Å²) in [5.74, 6) is 0. The van der Waals surface area contributed by atoms with Crippen LogP contribution in [0.4, 0.5) is 0 Å². The van der Waals surface area contributed by atoms with Crippen molar-refractivity contribution in [2.45, 2.75) is 20.8 Å². The maximum Gasteiger partial charge on any atom is 3.00 e. The molecule has 0 aliphatic carbocycles. The van der Waals surface area contributed by atoms with Crippen LogP contribution in [0.25, 0.3) is 0 Å². The summed E-state index contributed by atoms with van der Waals surface area (Å²) in [5.41, 5.74) is 0. The number of benzene rings is 1. The molecule has 13 heavy (non-hydrogen) atoms. The standard InChI is InChI=1S/C6H6.C2H6.C2H5.2CH3.Y/c1-2-4-6-5-3-1;2*1-2;;;/h1-6H;1-2H3;1H2,2H3;2*1H3;/q;;3*-1;+3. The first-order valence-electron chi connectivity index (χ1n) is 3.71. The SMILES string of the molecule is CC.[CH2-]C.[CH3-].[CH3-].[Y+3].c1ccccc1. The van der Waals surface area contributed by atoms with Crippen LogP contribution in [0.15, 0.2) is 36.4 Å². The minimum absolute atomic E-state index is 0. The number of hydrogen-bond acceptors (Lipinski definition) is 0. The van der Waals surface area contributed by atoms with Gasteiger partial charge in [0.05, 0.1) is 0 Å². The minimum Gasteiger partial charge on any atom is -0.358 e. The van der Waals surface area contributed by atoms with Crippen molar-refractivity contribution in [1.82, 2.24) is 0 Å². The average molecular weight is 256 g/mol. The van der Waals surface area contributed by atoms with Crippen LogP contribution in [-0.2, 0) is 32.7 Å². The van der Waals surface area contributed by atoms with Crippen molar-refractivity contribution in [2.75, 3.05) is 0 Å². The quantitative estimate of drug-likeness (QED) is 0.601. The monoisotopic (exact) mass is 256 g/mol. The second-order valence-corrected chi connectivity index (χ2v) is 1.15. The summed E-state index contributed by atoms with van der Waals surface area (Å²) < 4.78 is 0. The molecule has 0 bridgehead atoms. The second kappa shape index (κ2) is 39.5. The first-order chi connectivity index (χ1) is 5.00. The summed E-state index contributed by atoms with van der Waals surface area (Å²) in [6, 6.07) is 12.0. The summed E-state index contributed by atoms with van der Waals surface area (Å²) in [7, 11) is 0. The van der Waals surface area contributed by atoms with Crippen molar-refractivity contribution in [1.29, 1.82) is 0 Å². The topological polar surface area (TPSA) is 0 Å². The van der Waals surface area contributed by atoms with Gasteiger partial charge in [0, 0.05) is 0 Å². The van der Waals surface area contributed by atoms with Crippen LogP contribution in [0.1, 0.15) is 20.8 Å². The Balaban J connectivity index is -0.0000000277. The fraction of sp³-hybridized carbons (Fsp3) is 0.250. The molecule has 0 heterocycles. The van der Waals surface area contributed by atoms with Crippen LogP contribution in [0.3, 0.4) is 0 Å². The van der Waals surface area contributed by atoms with Crippen LogP contribution in [-0.4, -0.2) is 0 Å². The maximum absolute atomic E-state index is 3.25. The molecule has 0 spiro atoms. The summed E-state index contributed by atoms with van der Waals surface area (Å²) in [4.78, 5) is 0. The minimum atomic E-state index is 0. The molecular formula is C12H23Y. The van der Waals surface area contributed by atoms with E-state index in [1.54, 1.807) is 6.92 Å². The average Bonchev–Trinajstić information content (AvgIpc) is 2.14. The molecule has 74 valence electrons. The number of rotatable bonds is 0. The number of hydrogen-bond donors (Lipinski definition) is 0. The first kappa shape index (κ1) is 29.2. The van der Waals surface area contributed by atoms with Crippen LogP contribution < -0.4 is 0 Å². The Bertz CT molecular complexity index is 77.0. The molecule has 0 aromatic heterocycles. The van der Waals surface area contributed by atoms with E-state index in [9.17, 15) is 0 Å². The molecule has 0 fully saturated rings. The van der Waals surface area contributed by atoms with E-state index in [-0.39, 0.29) is 47.6 Å². The third-order valence-electron chi connectivity index (χ3n) is 0.667. The molecular weight excluding hydrogens is 233 g/mol. The van der Waals surface area contributed by atoms with Gasteiger partial charge in [-0.3, -0.25) is 0 Å². The van der Waals surface area contributed by atoms with Crippen molar-refractivity contribution in [3.8, 4) is 0 Å². The smallest absolute Gasteiger partial charge is 0.358 e. The molecule has 0 amide bonds. The van der Waals surface area contributed by atoms with Crippen LogP contribution in [0.2, 0.25) is 0 Å². The molecule has 1 rings (SSSR count). The van der Waals surface area contributed by atoms with Gasteiger partial charge in [0.1, 0.15) is 0 Å². The van der Waals surface area contributed by atoms with E-state index < -0.39 is 0 Å². The summed E-state index contributed by atoms with van der Waals surface area (Å²) in [6.45, 7) is 9.00. The molecule has 0 unspecified atom stereocenters. The zero-order valence-corrected chi connectivity index (χ0v) is 12.6. The molecule has 0 aliphatic heterocycles. The Labute approximate surface area is 111 Å². The normalized spacial score (nSPS) is 4.62. The molecule has 1 aromatic rings. The molecule has 0 radical (unpaired) electrons. The summed E-state index contributed by atoms with van der Waals surface area (Å²) in [6.07, 6.45) is 0. The molecule has 0 saturated heterocycles. The van der Waals surface area contributed by atoms with Gasteiger partial charge in [-0.25, -0.2) is 0 Å². The Morgan fingerprint density at radius 3 is 0.769 bits per heavy atom. The van der Waals surface area contributed by atoms with E-state index in [0.717, 1.165) is 0 Å². The fourth-order valence-corrected chi connectivity index (χ4v) is 0.385. The fourth-order valence-electron chi connectivity index (χ4n) is 0.385. The van der Waals surface area contributed by atoms with Crippen LogP contribution >= 0.6 is 0 Å². The Morgan fingerprint density at radius 1 is 0.615 bits per heavy atom. The molecule has 0 saturated carbocycles. The maximum atomic E-state index is 3.25. The Hall–Kier alpha value is 0.324. The van der Waals surface area contributed by atoms with Gasteiger partial charge in [0.15, 0.2) is 0 Å². The first-order valence-corrected chi connectivity index (χ1v) is 3.71. The molecule has 0 atom stereocenters. The third kappa shape index (κ3) is 32.8. The van der Waals surface area contributed by atoms with Crippen LogP contribution in [0.5, 0.6) is 0 Å². The van der Waals surface area contributed by atoms with Gasteiger partial charge in [0.25, 0.3) is 0 Å². The summed E-state index contributed by atoms with van der Waals surface area (Å²) >= 11 is 0. The van der Waals surface area contributed by atoms with E-state index in [2.05, 4.69) is 6.92 Å². The second-order valence-electron chi connectivity index (χ2n) is 1.15. The molecule has 1 heteroatoms. The Kier molecular flexibility index (Phi) is 88.8. The van der Waals surface area contributed by atoms with Crippen molar-refractivity contribution in [3.05, 3.63) is 58.2 Å². The van der Waals surface area contributed by atoms with E-state index in [1.165, 1.54) is 0 Å². The largest absolute Gasteiger partial charge is 3.00 e. The third-order valence-corrected chi connectivity index (χ3v) is 0.667. The van der Waals surface area contributed by atoms with E-state index >= 15 is 0 Å². The van der Waals surface area contributed by atoms with E-state index in [1.807, 2.05) is 50.2 Å². The van der Waals surface area contributed by atoms with Gasteiger partial charge in [-0.15, -0.1) is 0 Å². The van der Waals surface area contributed by atoms with E-state index in [4.69, 9.17) is 0 Å². The van der Waals surface area contributed by atoms with Gasteiger partial charge < -0.3 is 21.8 Å². The van der Waals surface area contributed by atoms with Gasteiger partial charge >= 0.3 is 32.7 Å². The van der Waals surface area contributed by atoms with Gasteiger partial charge in [-0.2, -0.15) is 6.92 Å². The zero-order valence-electron chi connectivity index (χ0n) is 9.75.